The molecule has 1 unspecified atom stereocenters. The summed E-state index contributed by atoms with van der Waals surface area (Å²) in [5, 5.41) is 0. The first-order valence-corrected chi connectivity index (χ1v) is 6.88. The Morgan fingerprint density at radius 3 is 2.74 bits per heavy atom. The highest BCUT2D eigenvalue weighted by Gasteiger charge is 2.15. The number of hydrogen-bond acceptors (Lipinski definition) is 4. The SMILES string of the molecule is NC(=S)c1ccc(OCCCOC2CCOC2)cc1. The maximum Gasteiger partial charge on any atom is 0.119 e. The maximum atomic E-state index is 5.65. The van der Waals surface area contributed by atoms with E-state index in [1.54, 1.807) is 0 Å². The summed E-state index contributed by atoms with van der Waals surface area (Å²) in [6, 6.07) is 7.48. The van der Waals surface area contributed by atoms with Gasteiger partial charge in [-0.1, -0.05) is 12.2 Å². The molecule has 1 aliphatic rings. The van der Waals surface area contributed by atoms with E-state index >= 15 is 0 Å². The molecule has 0 spiro atoms. The third-order valence-electron chi connectivity index (χ3n) is 2.94. The van der Waals surface area contributed by atoms with E-state index in [0.717, 1.165) is 37.4 Å². The molecule has 1 fully saturated rings. The van der Waals surface area contributed by atoms with Gasteiger partial charge in [-0.15, -0.1) is 0 Å². The summed E-state index contributed by atoms with van der Waals surface area (Å²) >= 11 is 4.89. The van der Waals surface area contributed by atoms with Gasteiger partial charge in [-0.3, -0.25) is 0 Å². The quantitative estimate of drug-likeness (QED) is 0.611. The first-order valence-electron chi connectivity index (χ1n) is 6.48. The molecule has 2 rings (SSSR count). The molecule has 2 N–H and O–H groups in total. The molecule has 4 nitrogen and oxygen atoms in total. The zero-order chi connectivity index (χ0) is 13.5. The molecule has 1 saturated heterocycles. The van der Waals surface area contributed by atoms with Crippen molar-refractivity contribution in [1.82, 2.24) is 0 Å². The number of hydrogen-bond donors (Lipinski definition) is 1. The summed E-state index contributed by atoms with van der Waals surface area (Å²) < 4.78 is 16.5. The van der Waals surface area contributed by atoms with E-state index in [9.17, 15) is 0 Å². The lowest BCUT2D eigenvalue weighted by Crippen LogP contribution is -2.14. The van der Waals surface area contributed by atoms with Crippen LogP contribution in [0.2, 0.25) is 0 Å². The Hall–Kier alpha value is -1.17. The van der Waals surface area contributed by atoms with Crippen LogP contribution in [0.25, 0.3) is 0 Å². The lowest BCUT2D eigenvalue weighted by molar-refractivity contribution is 0.0366. The lowest BCUT2D eigenvalue weighted by Gasteiger charge is -2.10. The van der Waals surface area contributed by atoms with Crippen LogP contribution in [-0.4, -0.2) is 37.5 Å². The minimum Gasteiger partial charge on any atom is -0.494 e. The van der Waals surface area contributed by atoms with Crippen molar-refractivity contribution < 1.29 is 14.2 Å². The molecule has 0 aromatic heterocycles. The lowest BCUT2D eigenvalue weighted by atomic mass is 10.2. The van der Waals surface area contributed by atoms with Crippen LogP contribution in [0.4, 0.5) is 0 Å². The number of benzene rings is 1. The Balaban J connectivity index is 1.61. The molecule has 0 amide bonds. The molecule has 0 radical (unpaired) electrons. The Labute approximate surface area is 118 Å². The number of rotatable bonds is 7. The van der Waals surface area contributed by atoms with Gasteiger partial charge in [0, 0.05) is 18.6 Å². The van der Waals surface area contributed by atoms with Crippen LogP contribution in [-0.2, 0) is 9.47 Å². The van der Waals surface area contributed by atoms with Gasteiger partial charge in [0.2, 0.25) is 0 Å². The van der Waals surface area contributed by atoms with Gasteiger partial charge >= 0.3 is 0 Å². The van der Waals surface area contributed by atoms with Gasteiger partial charge in [0.15, 0.2) is 0 Å². The van der Waals surface area contributed by atoms with Crippen molar-refractivity contribution in [2.75, 3.05) is 26.4 Å². The van der Waals surface area contributed by atoms with Crippen LogP contribution < -0.4 is 10.5 Å². The molecule has 1 aliphatic heterocycles. The Kier molecular flexibility index (Phi) is 5.57. The van der Waals surface area contributed by atoms with E-state index in [-0.39, 0.29) is 6.10 Å². The smallest absolute Gasteiger partial charge is 0.119 e. The fourth-order valence-corrected chi connectivity index (χ4v) is 1.99. The zero-order valence-corrected chi connectivity index (χ0v) is 11.7. The molecule has 104 valence electrons. The van der Waals surface area contributed by atoms with E-state index in [1.165, 1.54) is 0 Å². The Bertz CT molecular complexity index is 402. The third kappa shape index (κ3) is 4.78. The number of ether oxygens (including phenoxy) is 3. The molecule has 1 aromatic rings. The summed E-state index contributed by atoms with van der Waals surface area (Å²) in [6.45, 7) is 2.89. The summed E-state index contributed by atoms with van der Waals surface area (Å²) in [7, 11) is 0. The summed E-state index contributed by atoms with van der Waals surface area (Å²) in [5.74, 6) is 0.823. The van der Waals surface area contributed by atoms with Crippen LogP contribution in [0.5, 0.6) is 5.75 Å². The topological polar surface area (TPSA) is 53.7 Å². The molecule has 0 saturated carbocycles. The third-order valence-corrected chi connectivity index (χ3v) is 3.17. The Morgan fingerprint density at radius 1 is 1.32 bits per heavy atom. The molecule has 1 atom stereocenters. The van der Waals surface area contributed by atoms with Gasteiger partial charge in [0.25, 0.3) is 0 Å². The molecular formula is C14H19NO3S. The predicted molar refractivity (Wildman–Crippen MR) is 77.6 cm³/mol. The van der Waals surface area contributed by atoms with Gasteiger partial charge in [-0.2, -0.15) is 0 Å². The molecule has 5 heteroatoms. The second-order valence-electron chi connectivity index (χ2n) is 4.45. The molecule has 19 heavy (non-hydrogen) atoms. The summed E-state index contributed by atoms with van der Waals surface area (Å²) in [4.78, 5) is 0.402. The highest BCUT2D eigenvalue weighted by Crippen LogP contribution is 2.13. The predicted octanol–water partition coefficient (Wildman–Crippen LogP) is 1.90. The highest BCUT2D eigenvalue weighted by atomic mass is 32.1. The minimum atomic E-state index is 0.268. The van der Waals surface area contributed by atoms with Crippen molar-refractivity contribution in [3.63, 3.8) is 0 Å². The maximum absolute atomic E-state index is 5.65. The van der Waals surface area contributed by atoms with Gasteiger partial charge in [0.1, 0.15) is 10.7 Å². The average molecular weight is 281 g/mol. The van der Waals surface area contributed by atoms with Gasteiger partial charge in [0.05, 0.1) is 25.9 Å². The summed E-state index contributed by atoms with van der Waals surface area (Å²) in [6.07, 6.45) is 2.14. The van der Waals surface area contributed by atoms with Crippen molar-refractivity contribution in [2.45, 2.75) is 18.9 Å². The second-order valence-corrected chi connectivity index (χ2v) is 4.89. The van der Waals surface area contributed by atoms with Crippen LogP contribution >= 0.6 is 12.2 Å². The van der Waals surface area contributed by atoms with E-state index < -0.39 is 0 Å². The second kappa shape index (κ2) is 7.43. The van der Waals surface area contributed by atoms with Crippen molar-refractivity contribution in [1.29, 1.82) is 0 Å². The normalized spacial score (nSPS) is 18.4. The van der Waals surface area contributed by atoms with Crippen molar-refractivity contribution in [3.8, 4) is 5.75 Å². The minimum absolute atomic E-state index is 0.268. The van der Waals surface area contributed by atoms with Crippen molar-refractivity contribution in [2.24, 2.45) is 5.73 Å². The van der Waals surface area contributed by atoms with Crippen molar-refractivity contribution >= 4 is 17.2 Å². The molecule has 0 bridgehead atoms. The average Bonchev–Trinajstić information content (AvgIpc) is 2.92. The first kappa shape index (κ1) is 14.2. The van der Waals surface area contributed by atoms with E-state index in [1.807, 2.05) is 24.3 Å². The van der Waals surface area contributed by atoms with Crippen LogP contribution in [0.1, 0.15) is 18.4 Å². The molecule has 1 heterocycles. The largest absolute Gasteiger partial charge is 0.494 e. The highest BCUT2D eigenvalue weighted by molar-refractivity contribution is 7.80. The first-order chi connectivity index (χ1) is 9.25. The fraction of sp³-hybridized carbons (Fsp3) is 0.500. The van der Waals surface area contributed by atoms with Crippen LogP contribution in [0.15, 0.2) is 24.3 Å². The van der Waals surface area contributed by atoms with E-state index in [2.05, 4.69) is 0 Å². The number of thiocarbonyl (C=S) groups is 1. The summed E-state index contributed by atoms with van der Waals surface area (Å²) in [5.41, 5.74) is 6.38. The van der Waals surface area contributed by atoms with Crippen molar-refractivity contribution in [3.05, 3.63) is 29.8 Å². The zero-order valence-electron chi connectivity index (χ0n) is 10.8. The van der Waals surface area contributed by atoms with E-state index in [0.29, 0.717) is 18.2 Å². The standard InChI is InChI=1S/C14H19NO3S/c15-14(19)11-2-4-12(5-3-11)17-7-1-8-18-13-6-9-16-10-13/h2-5,13H,1,6-10H2,(H2,15,19). The van der Waals surface area contributed by atoms with Gasteiger partial charge in [-0.05, 0) is 30.7 Å². The van der Waals surface area contributed by atoms with Crippen LogP contribution in [0.3, 0.4) is 0 Å². The van der Waals surface area contributed by atoms with Gasteiger partial charge < -0.3 is 19.9 Å². The number of nitrogens with two attached hydrogens (primary N) is 1. The molecule has 1 aromatic carbocycles. The Morgan fingerprint density at radius 2 is 2.11 bits per heavy atom. The van der Waals surface area contributed by atoms with Gasteiger partial charge in [-0.25, -0.2) is 0 Å². The fourth-order valence-electron chi connectivity index (χ4n) is 1.86. The van der Waals surface area contributed by atoms with E-state index in [4.69, 9.17) is 32.2 Å². The molecular weight excluding hydrogens is 262 g/mol. The monoisotopic (exact) mass is 281 g/mol. The van der Waals surface area contributed by atoms with Crippen LogP contribution in [0, 0.1) is 0 Å². The molecule has 0 aliphatic carbocycles.